The average Bonchev–Trinajstić information content (AvgIpc) is 2.64. The molecule has 0 amide bonds. The van der Waals surface area contributed by atoms with Crippen LogP contribution in [0.1, 0.15) is 24.3 Å². The van der Waals surface area contributed by atoms with Crippen LogP contribution < -0.4 is 5.73 Å². The second kappa shape index (κ2) is 9.80. The molecule has 27 heavy (non-hydrogen) atoms. The summed E-state index contributed by atoms with van der Waals surface area (Å²) in [5, 5.41) is 8.70. The van der Waals surface area contributed by atoms with E-state index in [1.165, 1.54) is 23.9 Å². The fourth-order valence-corrected chi connectivity index (χ4v) is 3.72. The lowest BCUT2D eigenvalue weighted by molar-refractivity contribution is -0.150. The van der Waals surface area contributed by atoms with Crippen molar-refractivity contribution in [2.45, 2.75) is 31.0 Å². The lowest BCUT2D eigenvalue weighted by atomic mass is 9.94. The fourth-order valence-electron chi connectivity index (χ4n) is 2.69. The summed E-state index contributed by atoms with van der Waals surface area (Å²) in [4.78, 5) is 10.6. The summed E-state index contributed by atoms with van der Waals surface area (Å²) in [7, 11) is 0. The van der Waals surface area contributed by atoms with Gasteiger partial charge in [0, 0.05) is 0 Å². The maximum atomic E-state index is 13.5. The van der Waals surface area contributed by atoms with Gasteiger partial charge in [-0.05, 0) is 41.0 Å². The van der Waals surface area contributed by atoms with Crippen LogP contribution in [0.3, 0.4) is 0 Å². The Bertz CT molecular complexity index is 720. The number of hydrogen-bond donors (Lipinski definition) is 2. The summed E-state index contributed by atoms with van der Waals surface area (Å²) in [5.41, 5.74) is 7.46. The molecule has 0 radical (unpaired) electrons. The molecule has 0 spiro atoms. The Morgan fingerprint density at radius 2 is 1.52 bits per heavy atom. The highest BCUT2D eigenvalue weighted by Gasteiger charge is 2.40. The van der Waals surface area contributed by atoms with E-state index in [0.29, 0.717) is 5.75 Å². The number of carboxylic acid groups (broad SMARTS) is 1. The Kier molecular flexibility index (Phi) is 7.74. The smallest absolute Gasteiger partial charge is 0.395 e. The first-order valence-electron chi connectivity index (χ1n) is 8.57. The van der Waals surface area contributed by atoms with E-state index >= 15 is 0 Å². The largest absolute Gasteiger partial charge is 0.480 e. The summed E-state index contributed by atoms with van der Waals surface area (Å²) < 4.78 is 40.4. The van der Waals surface area contributed by atoms with E-state index in [9.17, 15) is 18.0 Å². The number of aliphatic carboxylic acids is 1. The first-order chi connectivity index (χ1) is 12.8. The molecule has 7 heteroatoms. The lowest BCUT2D eigenvalue weighted by Crippen LogP contribution is -2.30. The topological polar surface area (TPSA) is 63.3 Å². The number of benzene rings is 2. The van der Waals surface area contributed by atoms with Gasteiger partial charge in [-0.2, -0.15) is 24.9 Å². The van der Waals surface area contributed by atoms with Gasteiger partial charge in [0.15, 0.2) is 0 Å². The van der Waals surface area contributed by atoms with Crippen molar-refractivity contribution in [3.63, 3.8) is 0 Å². The lowest BCUT2D eigenvalue weighted by Gasteiger charge is -2.21. The van der Waals surface area contributed by atoms with Crippen molar-refractivity contribution >= 4 is 17.7 Å². The van der Waals surface area contributed by atoms with Crippen LogP contribution in [0.5, 0.6) is 0 Å². The summed E-state index contributed by atoms with van der Waals surface area (Å²) in [6.45, 7) is 0. The molecule has 0 saturated heterocycles. The van der Waals surface area contributed by atoms with Gasteiger partial charge in [0.25, 0.3) is 0 Å². The fraction of sp³-hybridized carbons (Fsp3) is 0.350. The SMILES string of the molecule is NC(CCSCCC(c1ccc(-c2ccccc2)cc1)C(F)(F)F)C(=O)O. The van der Waals surface area contributed by atoms with E-state index in [4.69, 9.17) is 10.8 Å². The monoisotopic (exact) mass is 397 g/mol. The third-order valence-electron chi connectivity index (χ3n) is 4.26. The van der Waals surface area contributed by atoms with Crippen LogP contribution in [0.15, 0.2) is 54.6 Å². The number of hydrogen-bond acceptors (Lipinski definition) is 3. The zero-order chi connectivity index (χ0) is 19.9. The molecule has 2 unspecified atom stereocenters. The molecule has 0 aromatic heterocycles. The van der Waals surface area contributed by atoms with Crippen LogP contribution in [0.25, 0.3) is 11.1 Å². The van der Waals surface area contributed by atoms with E-state index in [1.807, 2.05) is 30.3 Å². The Balaban J connectivity index is 1.97. The Morgan fingerprint density at radius 3 is 2.07 bits per heavy atom. The molecule has 3 nitrogen and oxygen atoms in total. The van der Waals surface area contributed by atoms with Gasteiger partial charge in [0.1, 0.15) is 6.04 Å². The highest BCUT2D eigenvalue weighted by molar-refractivity contribution is 7.99. The van der Waals surface area contributed by atoms with Crippen LogP contribution in [0.2, 0.25) is 0 Å². The Morgan fingerprint density at radius 1 is 0.963 bits per heavy atom. The highest BCUT2D eigenvalue weighted by atomic mass is 32.2. The van der Waals surface area contributed by atoms with Crippen LogP contribution in [0, 0.1) is 0 Å². The van der Waals surface area contributed by atoms with Crippen molar-refractivity contribution in [1.82, 2.24) is 0 Å². The van der Waals surface area contributed by atoms with Crippen LogP contribution in [-0.4, -0.2) is 34.8 Å². The van der Waals surface area contributed by atoms with Crippen molar-refractivity contribution in [2.75, 3.05) is 11.5 Å². The first-order valence-corrected chi connectivity index (χ1v) is 9.72. The van der Waals surface area contributed by atoms with Crippen LogP contribution >= 0.6 is 11.8 Å². The van der Waals surface area contributed by atoms with Gasteiger partial charge in [-0.25, -0.2) is 0 Å². The van der Waals surface area contributed by atoms with E-state index in [2.05, 4.69) is 0 Å². The molecular formula is C20H22F3NO2S. The maximum absolute atomic E-state index is 13.5. The van der Waals surface area contributed by atoms with Crippen molar-refractivity contribution in [3.8, 4) is 11.1 Å². The normalized spacial score (nSPS) is 13.9. The molecule has 0 fully saturated rings. The van der Waals surface area contributed by atoms with Gasteiger partial charge >= 0.3 is 12.1 Å². The number of carboxylic acids is 1. The minimum Gasteiger partial charge on any atom is -0.480 e. The van der Waals surface area contributed by atoms with Gasteiger partial charge in [-0.3, -0.25) is 4.79 Å². The van der Waals surface area contributed by atoms with Gasteiger partial charge in [-0.15, -0.1) is 0 Å². The molecule has 2 atom stereocenters. The number of rotatable bonds is 9. The van der Waals surface area contributed by atoms with Crippen molar-refractivity contribution in [2.24, 2.45) is 5.73 Å². The molecule has 2 aromatic carbocycles. The average molecular weight is 397 g/mol. The Hall–Kier alpha value is -1.99. The number of carbonyl (C=O) groups is 1. The van der Waals surface area contributed by atoms with Crippen molar-refractivity contribution in [3.05, 3.63) is 60.2 Å². The zero-order valence-electron chi connectivity index (χ0n) is 14.7. The molecule has 3 N–H and O–H groups in total. The van der Waals surface area contributed by atoms with Gasteiger partial charge in [0.05, 0.1) is 5.92 Å². The minimum absolute atomic E-state index is 0.0544. The number of thioether (sulfide) groups is 1. The molecule has 0 aliphatic heterocycles. The third-order valence-corrected chi connectivity index (χ3v) is 5.31. The second-order valence-corrected chi connectivity index (χ2v) is 7.44. The molecule has 0 heterocycles. The zero-order valence-corrected chi connectivity index (χ0v) is 15.5. The summed E-state index contributed by atoms with van der Waals surface area (Å²) in [6, 6.07) is 15.0. The van der Waals surface area contributed by atoms with Crippen LogP contribution in [-0.2, 0) is 4.79 Å². The predicted octanol–water partition coefficient (Wildman–Crippen LogP) is 4.92. The molecule has 0 saturated carbocycles. The second-order valence-electron chi connectivity index (χ2n) is 6.22. The molecule has 2 rings (SSSR count). The third kappa shape index (κ3) is 6.59. The summed E-state index contributed by atoms with van der Waals surface area (Å²) in [5.74, 6) is -1.92. The maximum Gasteiger partial charge on any atom is 0.395 e. The van der Waals surface area contributed by atoms with E-state index in [0.717, 1.165) is 11.1 Å². The van der Waals surface area contributed by atoms with Crippen molar-refractivity contribution < 1.29 is 23.1 Å². The number of halogens is 3. The van der Waals surface area contributed by atoms with E-state index in [1.54, 1.807) is 12.1 Å². The summed E-state index contributed by atoms with van der Waals surface area (Å²) in [6.07, 6.45) is -4.14. The van der Waals surface area contributed by atoms with Crippen molar-refractivity contribution in [1.29, 1.82) is 0 Å². The molecule has 0 aliphatic rings. The van der Waals surface area contributed by atoms with Gasteiger partial charge in [-0.1, -0.05) is 54.6 Å². The molecule has 146 valence electrons. The van der Waals surface area contributed by atoms with Gasteiger partial charge in [0.2, 0.25) is 0 Å². The quantitative estimate of drug-likeness (QED) is 0.589. The molecule has 0 aliphatic carbocycles. The number of nitrogens with two attached hydrogens (primary N) is 1. The van der Waals surface area contributed by atoms with E-state index in [-0.39, 0.29) is 24.2 Å². The van der Waals surface area contributed by atoms with Crippen LogP contribution in [0.4, 0.5) is 13.2 Å². The summed E-state index contributed by atoms with van der Waals surface area (Å²) >= 11 is 1.29. The standard InChI is InChI=1S/C20H22F3NO2S/c21-20(22,23)17(10-12-27-13-11-18(24)19(25)26)16-8-6-15(7-9-16)14-4-2-1-3-5-14/h1-9,17-18H,10-13,24H2,(H,25,26). The van der Waals surface area contributed by atoms with E-state index < -0.39 is 24.1 Å². The molecule has 0 bridgehead atoms. The predicted molar refractivity (Wildman–Crippen MR) is 103 cm³/mol. The minimum atomic E-state index is -4.33. The Labute approximate surface area is 160 Å². The molecule has 2 aromatic rings. The number of alkyl halides is 3. The highest BCUT2D eigenvalue weighted by Crippen LogP contribution is 2.38. The van der Waals surface area contributed by atoms with Gasteiger partial charge < -0.3 is 10.8 Å². The first kappa shape index (κ1) is 21.3. The molecular weight excluding hydrogens is 375 g/mol.